The maximum Gasteiger partial charge on any atom is 0.228 e. The number of alkyl halides is 1. The van der Waals surface area contributed by atoms with Crippen LogP contribution in [0.2, 0.25) is 0 Å². The van der Waals surface area contributed by atoms with Crippen molar-refractivity contribution >= 4 is 27.5 Å². The molecule has 1 aliphatic rings. The van der Waals surface area contributed by atoms with Gasteiger partial charge in [-0.1, -0.05) is 28.1 Å². The van der Waals surface area contributed by atoms with E-state index in [-0.39, 0.29) is 10.7 Å². The van der Waals surface area contributed by atoms with E-state index < -0.39 is 0 Å². The van der Waals surface area contributed by atoms with E-state index in [4.69, 9.17) is 4.74 Å². The maximum absolute atomic E-state index is 11.8. The molecule has 1 heterocycles. The molecule has 0 aromatic heterocycles. The summed E-state index contributed by atoms with van der Waals surface area (Å²) in [6.07, 6.45) is 0.556. The summed E-state index contributed by atoms with van der Waals surface area (Å²) in [5, 5.41) is 0. The Hall–Kier alpha value is -1.03. The Morgan fingerprint density at radius 3 is 2.88 bits per heavy atom. The predicted octanol–water partition coefficient (Wildman–Crippen LogP) is 2.59. The summed E-state index contributed by atoms with van der Waals surface area (Å²) in [7, 11) is 0. The minimum atomic E-state index is 0.147. The molecular weight excluding hydrogens is 270 g/mol. The Balaban J connectivity index is 2.29. The van der Waals surface area contributed by atoms with Crippen molar-refractivity contribution < 1.29 is 9.53 Å². The molecule has 1 saturated heterocycles. The van der Waals surface area contributed by atoms with Gasteiger partial charge in [0.1, 0.15) is 5.75 Å². The molecule has 0 spiro atoms. The summed E-state index contributed by atoms with van der Waals surface area (Å²) < 4.78 is 5.52. The van der Waals surface area contributed by atoms with Gasteiger partial charge in [0.15, 0.2) is 0 Å². The second kappa shape index (κ2) is 4.87. The molecule has 16 heavy (non-hydrogen) atoms. The fourth-order valence-corrected chi connectivity index (χ4v) is 2.42. The summed E-state index contributed by atoms with van der Waals surface area (Å²) in [4.78, 5) is 13.8. The van der Waals surface area contributed by atoms with Gasteiger partial charge in [-0.05, 0) is 19.1 Å². The van der Waals surface area contributed by atoms with Crippen molar-refractivity contribution in [2.45, 2.75) is 18.2 Å². The van der Waals surface area contributed by atoms with Crippen LogP contribution in [-0.4, -0.2) is 23.9 Å². The number of amides is 1. The summed E-state index contributed by atoms with van der Waals surface area (Å²) in [6.45, 7) is 3.26. The molecule has 2 rings (SSSR count). The van der Waals surface area contributed by atoms with E-state index in [9.17, 15) is 4.79 Å². The summed E-state index contributed by atoms with van der Waals surface area (Å²) >= 11 is 3.48. The molecule has 1 unspecified atom stereocenters. The van der Waals surface area contributed by atoms with Crippen molar-refractivity contribution in [2.24, 2.45) is 0 Å². The van der Waals surface area contributed by atoms with Crippen molar-refractivity contribution in [2.75, 3.05) is 18.1 Å². The van der Waals surface area contributed by atoms with Gasteiger partial charge in [-0.15, -0.1) is 0 Å². The van der Waals surface area contributed by atoms with Crippen LogP contribution in [0.15, 0.2) is 24.3 Å². The Labute approximate surface area is 104 Å². The highest BCUT2D eigenvalue weighted by Gasteiger charge is 2.30. The van der Waals surface area contributed by atoms with E-state index in [2.05, 4.69) is 15.9 Å². The van der Waals surface area contributed by atoms with Crippen LogP contribution in [0.5, 0.6) is 5.75 Å². The second-order valence-electron chi connectivity index (χ2n) is 3.71. The van der Waals surface area contributed by atoms with E-state index in [1.807, 2.05) is 31.2 Å². The molecule has 1 fully saturated rings. The fraction of sp³-hybridized carbons (Fsp3) is 0.417. The lowest BCUT2D eigenvalue weighted by molar-refractivity contribution is -0.117. The van der Waals surface area contributed by atoms with Gasteiger partial charge in [0.05, 0.1) is 12.3 Å². The minimum Gasteiger partial charge on any atom is -0.492 e. The third kappa shape index (κ3) is 2.21. The minimum absolute atomic E-state index is 0.147. The molecule has 1 amide bonds. The largest absolute Gasteiger partial charge is 0.492 e. The first-order chi connectivity index (χ1) is 7.72. The van der Waals surface area contributed by atoms with Gasteiger partial charge in [0.2, 0.25) is 5.91 Å². The second-order valence-corrected chi connectivity index (χ2v) is 5.00. The first kappa shape index (κ1) is 11.5. The van der Waals surface area contributed by atoms with E-state index in [1.54, 1.807) is 4.90 Å². The van der Waals surface area contributed by atoms with Crippen LogP contribution in [0.25, 0.3) is 0 Å². The van der Waals surface area contributed by atoms with Gasteiger partial charge in [-0.25, -0.2) is 0 Å². The highest BCUT2D eigenvalue weighted by atomic mass is 79.9. The monoisotopic (exact) mass is 283 g/mol. The molecule has 0 radical (unpaired) electrons. The van der Waals surface area contributed by atoms with Crippen LogP contribution in [0.4, 0.5) is 5.69 Å². The standard InChI is InChI=1S/C12H14BrNO2/c1-2-16-11-6-4-3-5-10(11)14-8-9(13)7-12(14)15/h3-6,9H,2,7-8H2,1H3. The van der Waals surface area contributed by atoms with Crippen molar-refractivity contribution in [3.63, 3.8) is 0 Å². The topological polar surface area (TPSA) is 29.5 Å². The number of hydrogen-bond acceptors (Lipinski definition) is 2. The lowest BCUT2D eigenvalue weighted by atomic mass is 10.2. The van der Waals surface area contributed by atoms with E-state index in [1.165, 1.54) is 0 Å². The van der Waals surface area contributed by atoms with Crippen molar-refractivity contribution in [1.29, 1.82) is 0 Å². The SMILES string of the molecule is CCOc1ccccc1N1CC(Br)CC1=O. The van der Waals surface area contributed by atoms with Crippen LogP contribution in [0.1, 0.15) is 13.3 Å². The van der Waals surface area contributed by atoms with Gasteiger partial charge in [-0.3, -0.25) is 4.79 Å². The first-order valence-electron chi connectivity index (χ1n) is 5.38. The zero-order chi connectivity index (χ0) is 11.5. The molecule has 1 aliphatic heterocycles. The number of para-hydroxylation sites is 2. The molecule has 0 aliphatic carbocycles. The number of nitrogens with zero attached hydrogens (tertiary/aromatic N) is 1. The smallest absolute Gasteiger partial charge is 0.228 e. The zero-order valence-electron chi connectivity index (χ0n) is 9.15. The lowest BCUT2D eigenvalue weighted by Crippen LogP contribution is -2.25. The van der Waals surface area contributed by atoms with Crippen molar-refractivity contribution in [3.05, 3.63) is 24.3 Å². The average Bonchev–Trinajstić information content (AvgIpc) is 2.59. The van der Waals surface area contributed by atoms with Gasteiger partial charge in [-0.2, -0.15) is 0 Å². The zero-order valence-corrected chi connectivity index (χ0v) is 10.7. The maximum atomic E-state index is 11.8. The number of rotatable bonds is 3. The molecule has 0 N–H and O–H groups in total. The molecule has 0 saturated carbocycles. The molecule has 4 heteroatoms. The highest BCUT2D eigenvalue weighted by Crippen LogP contribution is 2.32. The van der Waals surface area contributed by atoms with Crippen LogP contribution in [0.3, 0.4) is 0 Å². The number of carbonyl (C=O) groups is 1. The Morgan fingerprint density at radius 1 is 1.50 bits per heavy atom. The number of carbonyl (C=O) groups excluding carboxylic acids is 1. The van der Waals surface area contributed by atoms with Crippen LogP contribution >= 0.6 is 15.9 Å². The normalized spacial score (nSPS) is 20.2. The molecule has 1 aromatic carbocycles. The molecule has 86 valence electrons. The van der Waals surface area contributed by atoms with Gasteiger partial charge in [0, 0.05) is 17.8 Å². The number of halogens is 1. The number of anilines is 1. The van der Waals surface area contributed by atoms with E-state index in [0.717, 1.165) is 11.4 Å². The molecule has 3 nitrogen and oxygen atoms in total. The van der Waals surface area contributed by atoms with E-state index in [0.29, 0.717) is 19.6 Å². The molecule has 1 aromatic rings. The predicted molar refractivity (Wildman–Crippen MR) is 67.3 cm³/mol. The van der Waals surface area contributed by atoms with Crippen LogP contribution in [-0.2, 0) is 4.79 Å². The van der Waals surface area contributed by atoms with Gasteiger partial charge >= 0.3 is 0 Å². The third-order valence-corrected chi connectivity index (χ3v) is 3.15. The number of benzene rings is 1. The van der Waals surface area contributed by atoms with E-state index >= 15 is 0 Å². The summed E-state index contributed by atoms with van der Waals surface area (Å²) in [5.41, 5.74) is 0.872. The van der Waals surface area contributed by atoms with Gasteiger partial charge < -0.3 is 9.64 Å². The molecule has 0 bridgehead atoms. The average molecular weight is 284 g/mol. The van der Waals surface area contributed by atoms with Crippen LogP contribution < -0.4 is 9.64 Å². The number of ether oxygens (including phenoxy) is 1. The Kier molecular flexibility index (Phi) is 3.49. The van der Waals surface area contributed by atoms with Crippen LogP contribution in [0, 0.1) is 0 Å². The highest BCUT2D eigenvalue weighted by molar-refractivity contribution is 9.09. The third-order valence-electron chi connectivity index (χ3n) is 2.53. The van der Waals surface area contributed by atoms with Crippen molar-refractivity contribution in [3.8, 4) is 5.75 Å². The Morgan fingerprint density at radius 2 is 2.25 bits per heavy atom. The Bertz CT molecular complexity index is 394. The van der Waals surface area contributed by atoms with Crippen molar-refractivity contribution in [1.82, 2.24) is 0 Å². The number of hydrogen-bond donors (Lipinski definition) is 0. The lowest BCUT2D eigenvalue weighted by Gasteiger charge is -2.19. The molecule has 1 atom stereocenters. The first-order valence-corrected chi connectivity index (χ1v) is 6.30. The fourth-order valence-electron chi connectivity index (χ4n) is 1.85. The summed E-state index contributed by atoms with van der Waals surface area (Å²) in [5.74, 6) is 0.925. The summed E-state index contributed by atoms with van der Waals surface area (Å²) in [6, 6.07) is 7.66. The quantitative estimate of drug-likeness (QED) is 0.798. The molecular formula is C12H14BrNO2. The van der Waals surface area contributed by atoms with Gasteiger partial charge in [0.25, 0.3) is 0 Å².